The summed E-state index contributed by atoms with van der Waals surface area (Å²) >= 11 is 0. The summed E-state index contributed by atoms with van der Waals surface area (Å²) < 4.78 is 12.0. The normalized spacial score (nSPS) is 10.7. The van der Waals surface area contributed by atoms with E-state index in [2.05, 4.69) is 0 Å². The topological polar surface area (TPSA) is 168 Å². The van der Waals surface area contributed by atoms with Crippen LogP contribution in [0.4, 0.5) is 0 Å². The Hall–Kier alpha value is -5.64. The Balaban J connectivity index is 1.80. The minimum atomic E-state index is -1.46. The number of hydrogen-bond donors (Lipinski definition) is 4. The number of rotatable bonds is 11. The first-order chi connectivity index (χ1) is 19.6. The molecular formula is C31H24O10. The van der Waals surface area contributed by atoms with Crippen molar-refractivity contribution < 1.29 is 49.1 Å². The Morgan fingerprint density at radius 3 is 1.24 bits per heavy atom. The molecule has 0 aliphatic carbocycles. The molecule has 208 valence electrons. The molecule has 0 aliphatic heterocycles. The van der Waals surface area contributed by atoms with Gasteiger partial charge in [-0.1, -0.05) is 55.5 Å². The van der Waals surface area contributed by atoms with Gasteiger partial charge in [0.2, 0.25) is 0 Å². The molecule has 0 spiro atoms. The fourth-order valence-corrected chi connectivity index (χ4v) is 4.60. The van der Waals surface area contributed by atoms with Crippen LogP contribution in [-0.4, -0.2) is 44.3 Å². The van der Waals surface area contributed by atoms with Crippen molar-refractivity contribution >= 4 is 23.9 Å². The first-order valence-corrected chi connectivity index (χ1v) is 12.4. The zero-order valence-corrected chi connectivity index (χ0v) is 21.6. The molecule has 0 saturated carbocycles. The van der Waals surface area contributed by atoms with Crippen molar-refractivity contribution in [1.82, 2.24) is 0 Å². The molecule has 0 heterocycles. The Labute approximate surface area is 233 Å². The number of para-hydroxylation sites is 2. The lowest BCUT2D eigenvalue weighted by Gasteiger charge is -2.23. The van der Waals surface area contributed by atoms with Crippen LogP contribution in [0.3, 0.4) is 0 Å². The van der Waals surface area contributed by atoms with E-state index in [-0.39, 0.29) is 23.0 Å². The highest BCUT2D eigenvalue weighted by atomic mass is 16.5. The maximum absolute atomic E-state index is 12.0. The summed E-state index contributed by atoms with van der Waals surface area (Å²) in [5.74, 6) is -5.90. The molecule has 0 aromatic heterocycles. The fraction of sp³-hybridized carbons (Fsp3) is 0.0968. The molecule has 4 aromatic rings. The number of aromatic carboxylic acids is 4. The predicted octanol–water partition coefficient (Wildman–Crippen LogP) is 6.61. The average molecular weight is 557 g/mol. The zero-order valence-electron chi connectivity index (χ0n) is 21.6. The number of hydrogen-bond acceptors (Lipinski definition) is 6. The summed E-state index contributed by atoms with van der Waals surface area (Å²) in [6, 6.07) is 21.6. The summed E-state index contributed by atoms with van der Waals surface area (Å²) in [5.41, 5.74) is -0.578. The summed E-state index contributed by atoms with van der Waals surface area (Å²) in [5, 5.41) is 38.4. The van der Waals surface area contributed by atoms with Gasteiger partial charge in [0.1, 0.15) is 34.1 Å². The Bertz CT molecular complexity index is 1540. The van der Waals surface area contributed by atoms with Gasteiger partial charge in [0.25, 0.3) is 0 Å². The summed E-state index contributed by atoms with van der Waals surface area (Å²) in [7, 11) is 0. The third-order valence-electron chi connectivity index (χ3n) is 6.38. The standard InChI is InChI=1S/C31H24O10/c1-2-17(18-9-3-5-13-22(18)40-24-15-7-11-20(28(32)33)26(24)30(36)37)19-10-4-6-14-23(19)41-25-16-8-12-21(29(34)35)27(25)31(38)39/h3-17H,2H2,1H3,(H,32,33)(H,34,35)(H,36,37)(H,38,39). The monoisotopic (exact) mass is 556 g/mol. The van der Waals surface area contributed by atoms with E-state index in [1.807, 2.05) is 6.92 Å². The van der Waals surface area contributed by atoms with E-state index < -0.39 is 52.0 Å². The van der Waals surface area contributed by atoms with E-state index in [1.165, 1.54) is 36.4 Å². The van der Waals surface area contributed by atoms with Gasteiger partial charge in [-0.3, -0.25) is 0 Å². The maximum atomic E-state index is 12.0. The smallest absolute Gasteiger partial charge is 0.340 e. The van der Waals surface area contributed by atoms with Crippen LogP contribution in [0, 0.1) is 0 Å². The molecule has 4 aromatic carbocycles. The fourth-order valence-electron chi connectivity index (χ4n) is 4.60. The highest BCUT2D eigenvalue weighted by Crippen LogP contribution is 2.42. The van der Waals surface area contributed by atoms with Gasteiger partial charge in [-0.2, -0.15) is 0 Å². The van der Waals surface area contributed by atoms with Gasteiger partial charge in [0, 0.05) is 17.0 Å². The third-order valence-corrected chi connectivity index (χ3v) is 6.38. The predicted molar refractivity (Wildman–Crippen MR) is 146 cm³/mol. The maximum Gasteiger partial charge on any atom is 0.340 e. The number of carboxylic acids is 4. The lowest BCUT2D eigenvalue weighted by molar-refractivity contribution is 0.0649. The molecule has 0 amide bonds. The molecule has 10 nitrogen and oxygen atoms in total. The van der Waals surface area contributed by atoms with Gasteiger partial charge in [0.05, 0.1) is 11.1 Å². The summed E-state index contributed by atoms with van der Waals surface area (Å²) in [4.78, 5) is 47.2. The van der Waals surface area contributed by atoms with Crippen LogP contribution in [0.15, 0.2) is 84.9 Å². The molecule has 41 heavy (non-hydrogen) atoms. The Morgan fingerprint density at radius 1 is 0.537 bits per heavy atom. The van der Waals surface area contributed by atoms with E-state index in [0.717, 1.165) is 0 Å². The van der Waals surface area contributed by atoms with Gasteiger partial charge in [-0.25, -0.2) is 19.2 Å². The molecule has 4 N–H and O–H groups in total. The molecule has 4 rings (SSSR count). The van der Waals surface area contributed by atoms with Crippen molar-refractivity contribution in [3.63, 3.8) is 0 Å². The highest BCUT2D eigenvalue weighted by molar-refractivity contribution is 6.04. The second kappa shape index (κ2) is 12.0. The van der Waals surface area contributed by atoms with E-state index >= 15 is 0 Å². The Kier molecular flexibility index (Phi) is 8.33. The van der Waals surface area contributed by atoms with E-state index in [1.54, 1.807) is 48.5 Å². The van der Waals surface area contributed by atoms with Gasteiger partial charge in [-0.15, -0.1) is 0 Å². The van der Waals surface area contributed by atoms with Crippen molar-refractivity contribution in [2.24, 2.45) is 0 Å². The van der Waals surface area contributed by atoms with Gasteiger partial charge >= 0.3 is 23.9 Å². The van der Waals surface area contributed by atoms with Crippen LogP contribution in [0.25, 0.3) is 0 Å². The number of ether oxygens (including phenoxy) is 2. The average Bonchev–Trinajstić information content (AvgIpc) is 2.94. The first kappa shape index (κ1) is 28.4. The van der Waals surface area contributed by atoms with Crippen LogP contribution in [0.2, 0.25) is 0 Å². The van der Waals surface area contributed by atoms with Crippen molar-refractivity contribution in [2.75, 3.05) is 0 Å². The highest BCUT2D eigenvalue weighted by Gasteiger charge is 2.26. The van der Waals surface area contributed by atoms with Gasteiger partial charge < -0.3 is 29.9 Å². The molecule has 0 bridgehead atoms. The van der Waals surface area contributed by atoms with Crippen LogP contribution >= 0.6 is 0 Å². The number of carbonyl (C=O) groups is 4. The van der Waals surface area contributed by atoms with Crippen LogP contribution in [0.1, 0.15) is 71.8 Å². The second-order valence-corrected chi connectivity index (χ2v) is 8.82. The zero-order chi connectivity index (χ0) is 29.7. The van der Waals surface area contributed by atoms with Crippen molar-refractivity contribution in [3.8, 4) is 23.0 Å². The minimum Gasteiger partial charge on any atom is -0.478 e. The van der Waals surface area contributed by atoms with Gasteiger partial charge in [0.15, 0.2) is 0 Å². The van der Waals surface area contributed by atoms with Crippen molar-refractivity contribution in [3.05, 3.63) is 118 Å². The number of benzene rings is 4. The van der Waals surface area contributed by atoms with Crippen molar-refractivity contribution in [2.45, 2.75) is 19.3 Å². The van der Waals surface area contributed by atoms with Crippen molar-refractivity contribution in [1.29, 1.82) is 0 Å². The summed E-state index contributed by atoms with van der Waals surface area (Å²) in [6.45, 7) is 1.90. The van der Waals surface area contributed by atoms with E-state index in [9.17, 15) is 39.6 Å². The van der Waals surface area contributed by atoms with Gasteiger partial charge in [-0.05, 0) is 42.8 Å². The molecule has 0 saturated heterocycles. The molecule has 0 fully saturated rings. The first-order valence-electron chi connectivity index (χ1n) is 12.4. The number of carboxylic acid groups (broad SMARTS) is 4. The summed E-state index contributed by atoms with van der Waals surface area (Å²) in [6.07, 6.45) is 0.503. The quantitative estimate of drug-likeness (QED) is 0.158. The Morgan fingerprint density at radius 2 is 0.902 bits per heavy atom. The van der Waals surface area contributed by atoms with Crippen LogP contribution < -0.4 is 9.47 Å². The largest absolute Gasteiger partial charge is 0.478 e. The van der Waals surface area contributed by atoms with E-state index in [0.29, 0.717) is 17.5 Å². The third kappa shape index (κ3) is 5.86. The molecule has 0 atom stereocenters. The minimum absolute atomic E-state index is 0.152. The lowest BCUT2D eigenvalue weighted by Crippen LogP contribution is -2.11. The van der Waals surface area contributed by atoms with Crippen LogP contribution in [0.5, 0.6) is 23.0 Å². The second-order valence-electron chi connectivity index (χ2n) is 8.82. The van der Waals surface area contributed by atoms with E-state index in [4.69, 9.17) is 9.47 Å². The molecule has 0 aliphatic rings. The molecule has 10 heteroatoms. The molecular weight excluding hydrogens is 532 g/mol. The van der Waals surface area contributed by atoms with Crippen LogP contribution in [-0.2, 0) is 0 Å². The molecule has 0 radical (unpaired) electrons. The SMILES string of the molecule is CCC(c1ccccc1Oc1cccc(C(=O)O)c1C(=O)O)c1ccccc1Oc1cccc(C(=O)O)c1C(=O)O. The molecule has 0 unspecified atom stereocenters. The lowest BCUT2D eigenvalue weighted by atomic mass is 9.88.